The third kappa shape index (κ3) is 3.39. The van der Waals surface area contributed by atoms with Crippen LogP contribution in [0.2, 0.25) is 0 Å². The summed E-state index contributed by atoms with van der Waals surface area (Å²) < 4.78 is 14.2. The van der Waals surface area contributed by atoms with Gasteiger partial charge in [-0.1, -0.05) is 36.8 Å². The van der Waals surface area contributed by atoms with Crippen molar-refractivity contribution in [1.82, 2.24) is 14.8 Å². The van der Waals surface area contributed by atoms with Crippen molar-refractivity contribution < 1.29 is 4.39 Å². The maximum atomic E-state index is 14.2. The van der Waals surface area contributed by atoms with E-state index in [0.29, 0.717) is 0 Å². The molecule has 170 valence electrons. The number of nitrogens with zero attached hydrogens (tertiary/aromatic N) is 2. The van der Waals surface area contributed by atoms with Crippen molar-refractivity contribution in [3.8, 4) is 0 Å². The van der Waals surface area contributed by atoms with Gasteiger partial charge in [0, 0.05) is 22.1 Å². The summed E-state index contributed by atoms with van der Waals surface area (Å²) in [6, 6.07) is 16.0. The molecule has 0 amide bonds. The van der Waals surface area contributed by atoms with E-state index in [1.54, 1.807) is 12.1 Å². The Kier molecular flexibility index (Phi) is 5.63. The van der Waals surface area contributed by atoms with Crippen molar-refractivity contribution in [2.75, 3.05) is 27.2 Å². The topological polar surface area (TPSA) is 22.3 Å². The number of benzene rings is 2. The fraction of sp³-hybridized carbons (Fsp3) is 0.500. The van der Waals surface area contributed by atoms with Crippen LogP contribution < -0.4 is 0 Å². The van der Waals surface area contributed by atoms with E-state index in [9.17, 15) is 4.39 Å². The highest BCUT2D eigenvalue weighted by atomic mass is 19.1. The minimum absolute atomic E-state index is 0.0242. The number of piperidine rings is 1. The summed E-state index contributed by atoms with van der Waals surface area (Å²) in [6.45, 7) is 4.63. The van der Waals surface area contributed by atoms with Crippen LogP contribution in [-0.4, -0.2) is 42.0 Å². The normalized spacial score (nSPS) is 27.3. The summed E-state index contributed by atoms with van der Waals surface area (Å²) in [7, 11) is 4.32. The smallest absolute Gasteiger partial charge is 0.123 e. The second-order valence-electron chi connectivity index (χ2n) is 10.2. The number of likely N-dealkylation sites (tertiary alicyclic amines) is 1. The number of hydrogen-bond donors (Lipinski definition) is 1. The van der Waals surface area contributed by atoms with Crippen molar-refractivity contribution >= 4 is 10.9 Å². The molecule has 32 heavy (non-hydrogen) atoms. The van der Waals surface area contributed by atoms with Gasteiger partial charge in [0.2, 0.25) is 0 Å². The SMILES string of the molecule is Cc1c(C2(N3CCCCC3)CCC(c3cccc(F)c3)(N(C)C)CC2)[nH]c2ccccc12. The number of aryl methyl sites for hydroxylation is 1. The van der Waals surface area contributed by atoms with Gasteiger partial charge in [0.1, 0.15) is 5.82 Å². The molecule has 1 saturated heterocycles. The highest BCUT2D eigenvalue weighted by molar-refractivity contribution is 5.84. The van der Waals surface area contributed by atoms with E-state index in [4.69, 9.17) is 0 Å². The number of para-hydroxylation sites is 1. The van der Waals surface area contributed by atoms with Gasteiger partial charge in [-0.3, -0.25) is 9.80 Å². The Bertz CT molecular complexity index is 1090. The molecule has 0 spiro atoms. The Labute approximate surface area is 191 Å². The van der Waals surface area contributed by atoms with Crippen LogP contribution in [0, 0.1) is 12.7 Å². The Hall–Kier alpha value is -2.17. The Morgan fingerprint density at radius 3 is 2.28 bits per heavy atom. The van der Waals surface area contributed by atoms with Crippen molar-refractivity contribution in [3.05, 3.63) is 71.2 Å². The van der Waals surface area contributed by atoms with E-state index in [2.05, 4.69) is 66.1 Å². The molecule has 4 heteroatoms. The predicted molar refractivity (Wildman–Crippen MR) is 130 cm³/mol. The van der Waals surface area contributed by atoms with Crippen LogP contribution in [0.25, 0.3) is 10.9 Å². The largest absolute Gasteiger partial charge is 0.357 e. The van der Waals surface area contributed by atoms with E-state index >= 15 is 0 Å². The molecule has 1 saturated carbocycles. The maximum absolute atomic E-state index is 14.2. The lowest BCUT2D eigenvalue weighted by Gasteiger charge is -2.54. The highest BCUT2D eigenvalue weighted by Crippen LogP contribution is 2.52. The average molecular weight is 434 g/mol. The van der Waals surface area contributed by atoms with Crippen LogP contribution in [0.15, 0.2) is 48.5 Å². The van der Waals surface area contributed by atoms with Crippen LogP contribution >= 0.6 is 0 Å². The van der Waals surface area contributed by atoms with Crippen LogP contribution in [-0.2, 0) is 11.1 Å². The lowest BCUT2D eigenvalue weighted by Crippen LogP contribution is -2.55. The number of aromatic nitrogens is 1. The molecule has 1 aliphatic heterocycles. The number of fused-ring (bicyclic) bond motifs is 1. The van der Waals surface area contributed by atoms with Gasteiger partial charge in [-0.25, -0.2) is 4.39 Å². The molecule has 1 N–H and O–H groups in total. The molecule has 2 aromatic carbocycles. The standard InChI is InChI=1S/C28H36FN3/c1-21-24-12-5-6-13-25(24)30-26(21)28(32-18-7-4-8-19-32)16-14-27(15-17-28,31(2)3)22-10-9-11-23(29)20-22/h5-6,9-13,20,30H,4,7-8,14-19H2,1-3H3. The van der Waals surface area contributed by atoms with Gasteiger partial charge >= 0.3 is 0 Å². The van der Waals surface area contributed by atoms with Gasteiger partial charge in [0.05, 0.1) is 5.54 Å². The Balaban J connectivity index is 1.58. The Morgan fingerprint density at radius 1 is 0.906 bits per heavy atom. The van der Waals surface area contributed by atoms with Crippen molar-refractivity contribution in [1.29, 1.82) is 0 Å². The van der Waals surface area contributed by atoms with E-state index in [0.717, 1.165) is 31.2 Å². The third-order valence-corrected chi connectivity index (χ3v) is 8.51. The van der Waals surface area contributed by atoms with Crippen LogP contribution in [0.4, 0.5) is 4.39 Å². The van der Waals surface area contributed by atoms with Gasteiger partial charge in [0.25, 0.3) is 0 Å². The summed E-state index contributed by atoms with van der Waals surface area (Å²) in [4.78, 5) is 8.97. The monoisotopic (exact) mass is 433 g/mol. The quantitative estimate of drug-likeness (QED) is 0.519. The van der Waals surface area contributed by atoms with Crippen LogP contribution in [0.5, 0.6) is 0 Å². The molecule has 0 bridgehead atoms. The minimum Gasteiger partial charge on any atom is -0.357 e. The Morgan fingerprint density at radius 2 is 1.62 bits per heavy atom. The first kappa shape index (κ1) is 21.7. The predicted octanol–water partition coefficient (Wildman–Crippen LogP) is 6.33. The number of H-pyrrole nitrogens is 1. The third-order valence-electron chi connectivity index (χ3n) is 8.51. The molecule has 0 radical (unpaired) electrons. The molecule has 1 aliphatic carbocycles. The van der Waals surface area contributed by atoms with Gasteiger partial charge in [-0.2, -0.15) is 0 Å². The number of rotatable bonds is 4. The molecule has 3 aromatic rings. The summed E-state index contributed by atoms with van der Waals surface area (Å²) in [5.74, 6) is -0.136. The molecular weight excluding hydrogens is 397 g/mol. The fourth-order valence-corrected chi connectivity index (χ4v) is 6.64. The first-order valence-corrected chi connectivity index (χ1v) is 12.2. The van der Waals surface area contributed by atoms with Crippen molar-refractivity contribution in [2.24, 2.45) is 0 Å². The lowest BCUT2D eigenvalue weighted by atomic mass is 9.66. The number of aromatic amines is 1. The molecule has 5 rings (SSSR count). The summed E-state index contributed by atoms with van der Waals surface area (Å²) in [5.41, 5.74) is 5.06. The lowest BCUT2D eigenvalue weighted by molar-refractivity contribution is -0.0257. The summed E-state index contributed by atoms with van der Waals surface area (Å²) in [6.07, 6.45) is 8.10. The molecule has 0 atom stereocenters. The molecule has 2 fully saturated rings. The zero-order valence-corrected chi connectivity index (χ0v) is 19.8. The minimum atomic E-state index is -0.136. The maximum Gasteiger partial charge on any atom is 0.123 e. The number of halogens is 1. The fourth-order valence-electron chi connectivity index (χ4n) is 6.64. The van der Waals surface area contributed by atoms with E-state index in [-0.39, 0.29) is 16.9 Å². The number of hydrogen-bond acceptors (Lipinski definition) is 2. The van der Waals surface area contributed by atoms with Crippen molar-refractivity contribution in [3.63, 3.8) is 0 Å². The zero-order valence-electron chi connectivity index (χ0n) is 19.8. The molecule has 2 aliphatic rings. The van der Waals surface area contributed by atoms with Gasteiger partial charge in [-0.05, 0) is 102 Å². The summed E-state index contributed by atoms with van der Waals surface area (Å²) in [5, 5.41) is 1.34. The van der Waals surface area contributed by atoms with Crippen LogP contribution in [0.3, 0.4) is 0 Å². The van der Waals surface area contributed by atoms with Gasteiger partial charge < -0.3 is 4.98 Å². The first-order valence-electron chi connectivity index (χ1n) is 12.2. The average Bonchev–Trinajstić information content (AvgIpc) is 3.16. The summed E-state index contributed by atoms with van der Waals surface area (Å²) >= 11 is 0. The molecule has 3 nitrogen and oxygen atoms in total. The van der Waals surface area contributed by atoms with E-state index in [1.807, 2.05) is 6.07 Å². The second-order valence-corrected chi connectivity index (χ2v) is 10.2. The molecule has 2 heterocycles. The molecule has 1 aromatic heterocycles. The highest BCUT2D eigenvalue weighted by Gasteiger charge is 2.50. The van der Waals surface area contributed by atoms with Gasteiger partial charge in [-0.15, -0.1) is 0 Å². The molecular formula is C28H36FN3. The van der Waals surface area contributed by atoms with E-state index in [1.165, 1.54) is 54.5 Å². The van der Waals surface area contributed by atoms with E-state index < -0.39 is 0 Å². The van der Waals surface area contributed by atoms with Gasteiger partial charge in [0.15, 0.2) is 0 Å². The second kappa shape index (κ2) is 8.31. The zero-order chi connectivity index (χ0) is 22.3. The van der Waals surface area contributed by atoms with Crippen LogP contribution in [0.1, 0.15) is 61.8 Å². The van der Waals surface area contributed by atoms with Crippen molar-refractivity contribution in [2.45, 2.75) is 62.9 Å². The number of nitrogens with one attached hydrogen (secondary N) is 1. The first-order chi connectivity index (χ1) is 15.5. The molecule has 0 unspecified atom stereocenters.